The second kappa shape index (κ2) is 10.4. The Morgan fingerprint density at radius 3 is 2.57 bits per heavy atom. The molecule has 5 rings (SSSR count). The summed E-state index contributed by atoms with van der Waals surface area (Å²) < 4.78 is 11.5. The van der Waals surface area contributed by atoms with Crippen LogP contribution >= 0.6 is 58.6 Å². The largest absolute Gasteiger partial charge is 0.451 e. The lowest BCUT2D eigenvalue weighted by atomic mass is 10.1. The smallest absolute Gasteiger partial charge is 0.293 e. The van der Waals surface area contributed by atoms with Gasteiger partial charge in [-0.2, -0.15) is 0 Å². The number of fused-ring (bicyclic) bond motifs is 1. The number of aromatic nitrogens is 1. The van der Waals surface area contributed by atoms with Gasteiger partial charge in [-0.1, -0.05) is 58.5 Å². The van der Waals surface area contributed by atoms with Crippen LogP contribution in [0.5, 0.6) is 0 Å². The van der Waals surface area contributed by atoms with Crippen molar-refractivity contribution in [1.82, 2.24) is 10.3 Å². The monoisotopic (exact) mass is 589 g/mol. The first kappa shape index (κ1) is 25.6. The molecule has 0 fully saturated rings. The van der Waals surface area contributed by atoms with Gasteiger partial charge in [0.2, 0.25) is 5.89 Å². The van der Waals surface area contributed by atoms with Gasteiger partial charge in [0.1, 0.15) is 11.3 Å². The van der Waals surface area contributed by atoms with E-state index in [0.717, 1.165) is 5.56 Å². The second-order valence-corrected chi connectivity index (χ2v) is 10.00. The molecule has 0 atom stereocenters. The number of oxazole rings is 1. The molecule has 2 aromatic heterocycles. The van der Waals surface area contributed by atoms with Crippen molar-refractivity contribution in [3.63, 3.8) is 0 Å². The second-order valence-electron chi connectivity index (χ2n) is 7.96. The number of nitrogens with one attached hydrogen (secondary N) is 2. The molecule has 5 aromatic rings. The lowest BCUT2D eigenvalue weighted by molar-refractivity contribution is 0.0951. The minimum absolute atomic E-state index is 0.0580. The molecule has 0 saturated carbocycles. The number of aryl methyl sites for hydroxylation is 1. The van der Waals surface area contributed by atoms with Gasteiger partial charge in [-0.25, -0.2) is 4.98 Å². The summed E-state index contributed by atoms with van der Waals surface area (Å²) in [5, 5.41) is 7.28. The summed E-state index contributed by atoms with van der Waals surface area (Å²) in [6.45, 7) is 1.90. The summed E-state index contributed by atoms with van der Waals surface area (Å²) in [6.07, 6.45) is 0. The maximum Gasteiger partial charge on any atom is 0.293 e. The Kier molecular flexibility index (Phi) is 7.16. The number of carbonyl (C=O) groups is 1. The van der Waals surface area contributed by atoms with E-state index in [-0.39, 0.29) is 10.9 Å². The highest BCUT2D eigenvalue weighted by molar-refractivity contribution is 7.80. The number of hydrogen-bond donors (Lipinski definition) is 2. The number of amides is 1. The molecule has 0 aliphatic rings. The summed E-state index contributed by atoms with van der Waals surface area (Å²) >= 11 is 30.0. The van der Waals surface area contributed by atoms with Crippen molar-refractivity contribution in [2.75, 3.05) is 5.32 Å². The third kappa shape index (κ3) is 5.32. The molecule has 0 spiro atoms. The SMILES string of the molecule is Cc1ccc(-c2nc3cc(Cl)cc(Cl)c3o2)cc1NC(=S)NC(=O)c1ccc(-c2cccc(Cl)c2Cl)o1. The lowest BCUT2D eigenvalue weighted by Gasteiger charge is -2.12. The van der Waals surface area contributed by atoms with E-state index in [1.54, 1.807) is 42.5 Å². The van der Waals surface area contributed by atoms with Crippen LogP contribution in [-0.4, -0.2) is 16.0 Å². The van der Waals surface area contributed by atoms with Crippen LogP contribution in [0.15, 0.2) is 69.5 Å². The number of halogens is 4. The van der Waals surface area contributed by atoms with Crippen LogP contribution in [0.3, 0.4) is 0 Å². The summed E-state index contributed by atoms with van der Waals surface area (Å²) in [4.78, 5) is 17.2. The van der Waals surface area contributed by atoms with Crippen LogP contribution in [0.25, 0.3) is 33.9 Å². The lowest BCUT2D eigenvalue weighted by Crippen LogP contribution is -2.34. The Hall–Kier alpha value is -3.07. The topological polar surface area (TPSA) is 80.3 Å². The van der Waals surface area contributed by atoms with Crippen molar-refractivity contribution in [3.8, 4) is 22.8 Å². The highest BCUT2D eigenvalue weighted by Gasteiger charge is 2.17. The van der Waals surface area contributed by atoms with Gasteiger partial charge < -0.3 is 14.2 Å². The van der Waals surface area contributed by atoms with E-state index in [0.29, 0.717) is 59.7 Å². The van der Waals surface area contributed by atoms with Crippen LogP contribution in [0.1, 0.15) is 16.1 Å². The van der Waals surface area contributed by atoms with Crippen molar-refractivity contribution in [3.05, 3.63) is 92.1 Å². The summed E-state index contributed by atoms with van der Waals surface area (Å²) in [5.74, 6) is 0.295. The number of benzene rings is 3. The molecule has 0 bridgehead atoms. The number of furan rings is 1. The molecule has 11 heteroatoms. The maximum atomic E-state index is 12.7. The van der Waals surface area contributed by atoms with Crippen molar-refractivity contribution in [1.29, 1.82) is 0 Å². The quantitative estimate of drug-likeness (QED) is 0.204. The Balaban J connectivity index is 1.32. The first-order valence-corrected chi connectivity index (χ1v) is 12.6. The van der Waals surface area contributed by atoms with E-state index < -0.39 is 5.91 Å². The zero-order valence-electron chi connectivity index (χ0n) is 18.9. The predicted molar refractivity (Wildman–Crippen MR) is 152 cm³/mol. The summed E-state index contributed by atoms with van der Waals surface area (Å²) in [5.41, 5.74) is 3.77. The highest BCUT2D eigenvalue weighted by atomic mass is 35.5. The molecular formula is C26H15Cl4N3O3S. The Morgan fingerprint density at radius 2 is 1.76 bits per heavy atom. The van der Waals surface area contributed by atoms with E-state index in [4.69, 9.17) is 67.5 Å². The molecular weight excluding hydrogens is 576 g/mol. The third-order valence-electron chi connectivity index (χ3n) is 5.42. The molecule has 0 saturated heterocycles. The van der Waals surface area contributed by atoms with Gasteiger partial charge in [0.15, 0.2) is 16.5 Å². The first-order chi connectivity index (χ1) is 17.7. The molecule has 3 aromatic carbocycles. The van der Waals surface area contributed by atoms with Crippen LogP contribution < -0.4 is 10.6 Å². The van der Waals surface area contributed by atoms with Crippen LogP contribution in [0, 0.1) is 6.92 Å². The molecule has 186 valence electrons. The van der Waals surface area contributed by atoms with Crippen molar-refractivity contribution in [2.24, 2.45) is 0 Å². The summed E-state index contributed by atoms with van der Waals surface area (Å²) in [7, 11) is 0. The number of carbonyl (C=O) groups excluding carboxylic acids is 1. The third-order valence-corrected chi connectivity index (χ3v) is 6.94. The number of nitrogens with zero attached hydrogens (tertiary/aromatic N) is 1. The average Bonchev–Trinajstić information content (AvgIpc) is 3.50. The molecule has 0 radical (unpaired) electrons. The molecule has 2 N–H and O–H groups in total. The van der Waals surface area contributed by atoms with Gasteiger partial charge >= 0.3 is 0 Å². The minimum Gasteiger partial charge on any atom is -0.451 e. The molecule has 37 heavy (non-hydrogen) atoms. The van der Waals surface area contributed by atoms with Crippen molar-refractivity contribution in [2.45, 2.75) is 6.92 Å². The van der Waals surface area contributed by atoms with E-state index >= 15 is 0 Å². The number of thiocarbonyl (C=S) groups is 1. The summed E-state index contributed by atoms with van der Waals surface area (Å²) in [6, 6.07) is 17.1. The van der Waals surface area contributed by atoms with Crippen LogP contribution in [0.4, 0.5) is 5.69 Å². The van der Waals surface area contributed by atoms with E-state index in [9.17, 15) is 4.79 Å². The van der Waals surface area contributed by atoms with Gasteiger partial charge in [-0.05, 0) is 73.2 Å². The number of rotatable bonds is 4. The highest BCUT2D eigenvalue weighted by Crippen LogP contribution is 2.35. The fourth-order valence-electron chi connectivity index (χ4n) is 3.59. The fourth-order valence-corrected chi connectivity index (χ4v) is 4.71. The molecule has 0 unspecified atom stereocenters. The first-order valence-electron chi connectivity index (χ1n) is 10.7. The molecule has 0 aliphatic heterocycles. The van der Waals surface area contributed by atoms with Gasteiger partial charge in [0.25, 0.3) is 5.91 Å². The minimum atomic E-state index is -0.527. The Bertz CT molecular complexity index is 1700. The normalized spacial score (nSPS) is 11.1. The number of hydrogen-bond acceptors (Lipinski definition) is 5. The van der Waals surface area contributed by atoms with Gasteiger partial charge in [-0.15, -0.1) is 0 Å². The van der Waals surface area contributed by atoms with E-state index in [2.05, 4.69) is 15.6 Å². The average molecular weight is 591 g/mol. The van der Waals surface area contributed by atoms with Gasteiger partial charge in [0, 0.05) is 21.8 Å². The van der Waals surface area contributed by atoms with Crippen LogP contribution in [0.2, 0.25) is 20.1 Å². The van der Waals surface area contributed by atoms with Crippen molar-refractivity contribution >= 4 is 86.4 Å². The zero-order chi connectivity index (χ0) is 26.3. The fraction of sp³-hybridized carbons (Fsp3) is 0.0385. The van der Waals surface area contributed by atoms with E-state index in [1.807, 2.05) is 19.1 Å². The molecule has 0 aliphatic carbocycles. The molecule has 6 nitrogen and oxygen atoms in total. The molecule has 1 amide bonds. The molecule has 2 heterocycles. The van der Waals surface area contributed by atoms with Crippen LogP contribution in [-0.2, 0) is 0 Å². The van der Waals surface area contributed by atoms with Gasteiger partial charge in [-0.3, -0.25) is 10.1 Å². The van der Waals surface area contributed by atoms with Crippen molar-refractivity contribution < 1.29 is 13.6 Å². The van der Waals surface area contributed by atoms with Gasteiger partial charge in [0.05, 0.1) is 15.1 Å². The Labute approximate surface area is 236 Å². The maximum absolute atomic E-state index is 12.7. The Morgan fingerprint density at radius 1 is 0.946 bits per heavy atom. The standard InChI is InChI=1S/C26H15Cl4N3O3S/c1-12-5-6-13(25-31-19-11-14(27)10-17(29)23(19)36-25)9-18(12)32-26(37)33-24(34)21-8-7-20(35-21)15-3-2-4-16(28)22(15)30/h2-11H,1H3,(H2,32,33,34,37). The number of anilines is 1. The van der Waals surface area contributed by atoms with E-state index in [1.165, 1.54) is 6.07 Å². The predicted octanol–water partition coefficient (Wildman–Crippen LogP) is 8.80. The zero-order valence-corrected chi connectivity index (χ0v) is 22.7.